The van der Waals surface area contributed by atoms with Crippen LogP contribution < -0.4 is 5.32 Å². The number of aryl methyl sites for hydroxylation is 1. The van der Waals surface area contributed by atoms with Crippen molar-refractivity contribution in [1.82, 2.24) is 14.9 Å². The lowest BCUT2D eigenvalue weighted by molar-refractivity contribution is 0.0310. The standard InChI is InChI=1S/C12H19N3O2/c1-2-15-8-7-14-12(15)11(16)9-17-10-3-5-13-6-4-10/h7-8,10,13H,2-6,9H2,1H3. The summed E-state index contributed by atoms with van der Waals surface area (Å²) in [5, 5.41) is 3.27. The van der Waals surface area contributed by atoms with Crippen molar-refractivity contribution in [2.24, 2.45) is 0 Å². The SMILES string of the molecule is CCn1ccnc1C(=O)COC1CCNCC1. The molecule has 0 aliphatic carbocycles. The van der Waals surface area contributed by atoms with Crippen molar-refractivity contribution < 1.29 is 9.53 Å². The minimum atomic E-state index is -0.0321. The third-order valence-corrected chi connectivity index (χ3v) is 3.04. The van der Waals surface area contributed by atoms with Gasteiger partial charge in [-0.05, 0) is 32.9 Å². The summed E-state index contributed by atoms with van der Waals surface area (Å²) in [5.41, 5.74) is 0. The number of carbonyl (C=O) groups excluding carboxylic acids is 1. The molecule has 0 unspecified atom stereocenters. The summed E-state index contributed by atoms with van der Waals surface area (Å²) in [6.45, 7) is 4.84. The summed E-state index contributed by atoms with van der Waals surface area (Å²) in [7, 11) is 0. The fourth-order valence-electron chi connectivity index (χ4n) is 2.04. The molecule has 0 radical (unpaired) electrons. The van der Waals surface area contributed by atoms with E-state index in [4.69, 9.17) is 4.74 Å². The number of piperidine rings is 1. The summed E-state index contributed by atoms with van der Waals surface area (Å²) < 4.78 is 7.47. The van der Waals surface area contributed by atoms with Crippen LogP contribution in [0.3, 0.4) is 0 Å². The molecular weight excluding hydrogens is 218 g/mol. The van der Waals surface area contributed by atoms with E-state index < -0.39 is 0 Å². The summed E-state index contributed by atoms with van der Waals surface area (Å²) in [4.78, 5) is 16.0. The lowest BCUT2D eigenvalue weighted by Crippen LogP contribution is -2.33. The Hall–Kier alpha value is -1.20. The van der Waals surface area contributed by atoms with E-state index in [9.17, 15) is 4.79 Å². The maximum Gasteiger partial charge on any atom is 0.223 e. The molecule has 1 N–H and O–H groups in total. The highest BCUT2D eigenvalue weighted by molar-refractivity contribution is 5.93. The van der Waals surface area contributed by atoms with Crippen LogP contribution in [0.15, 0.2) is 12.4 Å². The van der Waals surface area contributed by atoms with Crippen molar-refractivity contribution in [2.75, 3.05) is 19.7 Å². The number of ether oxygens (including phenoxy) is 1. The van der Waals surface area contributed by atoms with Crippen LogP contribution in [0.2, 0.25) is 0 Å². The fourth-order valence-corrected chi connectivity index (χ4v) is 2.04. The predicted molar refractivity (Wildman–Crippen MR) is 64.1 cm³/mol. The molecule has 1 aliphatic rings. The van der Waals surface area contributed by atoms with Gasteiger partial charge in [0.15, 0.2) is 5.82 Å². The molecule has 17 heavy (non-hydrogen) atoms. The van der Waals surface area contributed by atoms with Crippen molar-refractivity contribution in [3.63, 3.8) is 0 Å². The molecule has 1 aliphatic heterocycles. The molecule has 94 valence electrons. The Morgan fingerprint density at radius 1 is 1.59 bits per heavy atom. The van der Waals surface area contributed by atoms with Gasteiger partial charge >= 0.3 is 0 Å². The maximum absolute atomic E-state index is 11.9. The van der Waals surface area contributed by atoms with Gasteiger partial charge in [-0.25, -0.2) is 4.98 Å². The van der Waals surface area contributed by atoms with Gasteiger partial charge in [0.25, 0.3) is 0 Å². The average Bonchev–Trinajstić information content (AvgIpc) is 2.85. The van der Waals surface area contributed by atoms with Crippen LogP contribution in [0, 0.1) is 0 Å². The number of hydrogen-bond acceptors (Lipinski definition) is 4. The Balaban J connectivity index is 1.84. The zero-order valence-electron chi connectivity index (χ0n) is 10.2. The Labute approximate surface area is 101 Å². The van der Waals surface area contributed by atoms with Gasteiger partial charge in [0.05, 0.1) is 6.10 Å². The van der Waals surface area contributed by atoms with Crippen LogP contribution in [-0.4, -0.2) is 41.1 Å². The molecule has 1 fully saturated rings. The van der Waals surface area contributed by atoms with Crippen LogP contribution in [-0.2, 0) is 11.3 Å². The maximum atomic E-state index is 11.9. The molecule has 0 atom stereocenters. The molecule has 2 rings (SSSR count). The molecule has 1 aromatic heterocycles. The van der Waals surface area contributed by atoms with Crippen molar-refractivity contribution in [1.29, 1.82) is 0 Å². The number of hydrogen-bond donors (Lipinski definition) is 1. The van der Waals surface area contributed by atoms with E-state index in [0.717, 1.165) is 32.5 Å². The van der Waals surface area contributed by atoms with Crippen LogP contribution in [0.5, 0.6) is 0 Å². The number of rotatable bonds is 5. The van der Waals surface area contributed by atoms with E-state index in [-0.39, 0.29) is 18.5 Å². The molecule has 0 saturated carbocycles. The largest absolute Gasteiger partial charge is 0.370 e. The van der Waals surface area contributed by atoms with Crippen LogP contribution in [0.4, 0.5) is 0 Å². The van der Waals surface area contributed by atoms with Crippen LogP contribution in [0.25, 0.3) is 0 Å². The van der Waals surface area contributed by atoms with Gasteiger partial charge in [-0.2, -0.15) is 0 Å². The van der Waals surface area contributed by atoms with Gasteiger partial charge < -0.3 is 14.6 Å². The number of nitrogens with zero attached hydrogens (tertiary/aromatic N) is 2. The first-order valence-electron chi connectivity index (χ1n) is 6.18. The highest BCUT2D eigenvalue weighted by Crippen LogP contribution is 2.08. The Kier molecular flexibility index (Phi) is 4.28. The van der Waals surface area contributed by atoms with E-state index in [2.05, 4.69) is 10.3 Å². The smallest absolute Gasteiger partial charge is 0.223 e. The van der Waals surface area contributed by atoms with Gasteiger partial charge in [0.1, 0.15) is 6.61 Å². The van der Waals surface area contributed by atoms with E-state index in [0.29, 0.717) is 5.82 Å². The quantitative estimate of drug-likeness (QED) is 0.771. The highest BCUT2D eigenvalue weighted by Gasteiger charge is 2.17. The molecule has 0 aromatic carbocycles. The number of carbonyl (C=O) groups is 1. The molecule has 0 bridgehead atoms. The van der Waals surface area contributed by atoms with Crippen LogP contribution >= 0.6 is 0 Å². The Bertz CT molecular complexity index is 370. The third-order valence-electron chi connectivity index (χ3n) is 3.04. The second-order valence-corrected chi connectivity index (χ2v) is 4.22. The van der Waals surface area contributed by atoms with Crippen molar-refractivity contribution in [2.45, 2.75) is 32.4 Å². The molecule has 2 heterocycles. The zero-order chi connectivity index (χ0) is 12.1. The third kappa shape index (κ3) is 3.14. The van der Waals surface area contributed by atoms with Gasteiger partial charge in [0, 0.05) is 18.9 Å². The van der Waals surface area contributed by atoms with Crippen molar-refractivity contribution >= 4 is 5.78 Å². The monoisotopic (exact) mass is 237 g/mol. The summed E-state index contributed by atoms with van der Waals surface area (Å²) in [6, 6.07) is 0. The predicted octanol–water partition coefficient (Wildman–Crippen LogP) is 0.854. The number of aromatic nitrogens is 2. The Morgan fingerprint density at radius 2 is 2.35 bits per heavy atom. The molecular formula is C12H19N3O2. The second-order valence-electron chi connectivity index (χ2n) is 4.22. The van der Waals surface area contributed by atoms with Crippen molar-refractivity contribution in [3.05, 3.63) is 18.2 Å². The topological polar surface area (TPSA) is 56.2 Å². The number of nitrogens with one attached hydrogen (secondary N) is 1. The molecule has 1 saturated heterocycles. The summed E-state index contributed by atoms with van der Waals surface area (Å²) in [6.07, 6.45) is 5.65. The molecule has 5 nitrogen and oxygen atoms in total. The molecule has 5 heteroatoms. The summed E-state index contributed by atoms with van der Waals surface area (Å²) in [5.74, 6) is 0.469. The summed E-state index contributed by atoms with van der Waals surface area (Å²) >= 11 is 0. The average molecular weight is 237 g/mol. The van der Waals surface area contributed by atoms with Crippen molar-refractivity contribution in [3.8, 4) is 0 Å². The molecule has 1 aromatic rings. The molecule has 0 spiro atoms. The first-order valence-corrected chi connectivity index (χ1v) is 6.18. The highest BCUT2D eigenvalue weighted by atomic mass is 16.5. The first-order chi connectivity index (χ1) is 8.31. The van der Waals surface area contributed by atoms with Gasteiger partial charge in [0.2, 0.25) is 5.78 Å². The number of ketones is 1. The second kappa shape index (κ2) is 5.93. The van der Waals surface area contributed by atoms with E-state index in [1.54, 1.807) is 6.20 Å². The Morgan fingerprint density at radius 3 is 3.06 bits per heavy atom. The van der Waals surface area contributed by atoms with Gasteiger partial charge in [-0.15, -0.1) is 0 Å². The first kappa shape index (κ1) is 12.3. The fraction of sp³-hybridized carbons (Fsp3) is 0.667. The number of Topliss-reactive ketones (excluding diaryl/α,β-unsaturated/α-hetero) is 1. The van der Waals surface area contributed by atoms with Crippen LogP contribution in [0.1, 0.15) is 30.4 Å². The van der Waals surface area contributed by atoms with E-state index >= 15 is 0 Å². The zero-order valence-corrected chi connectivity index (χ0v) is 10.2. The van der Waals surface area contributed by atoms with E-state index in [1.165, 1.54) is 0 Å². The van der Waals surface area contributed by atoms with Gasteiger partial charge in [-0.3, -0.25) is 4.79 Å². The number of imidazole rings is 1. The van der Waals surface area contributed by atoms with E-state index in [1.807, 2.05) is 17.7 Å². The minimum absolute atomic E-state index is 0.0321. The molecule has 0 amide bonds. The lowest BCUT2D eigenvalue weighted by Gasteiger charge is -2.22. The van der Waals surface area contributed by atoms with Gasteiger partial charge in [-0.1, -0.05) is 0 Å². The lowest BCUT2D eigenvalue weighted by atomic mass is 10.1. The normalized spacial score (nSPS) is 17.2. The minimum Gasteiger partial charge on any atom is -0.370 e.